The van der Waals surface area contributed by atoms with E-state index in [1.54, 1.807) is 0 Å². The molecule has 0 saturated heterocycles. The predicted molar refractivity (Wildman–Crippen MR) is 82.1 cm³/mol. The predicted octanol–water partition coefficient (Wildman–Crippen LogP) is 3.16. The molecule has 0 bridgehead atoms. The Morgan fingerprint density at radius 3 is 2.39 bits per heavy atom. The van der Waals surface area contributed by atoms with Crippen LogP contribution in [0.1, 0.15) is 34.1 Å². The lowest BCUT2D eigenvalue weighted by molar-refractivity contribution is 0.185. The summed E-state index contributed by atoms with van der Waals surface area (Å²) in [6.45, 7) is 14.5. The Morgan fingerprint density at radius 2 is 1.94 bits per heavy atom. The minimum atomic E-state index is 0.448. The van der Waals surface area contributed by atoms with Gasteiger partial charge in [-0.25, -0.2) is 0 Å². The summed E-state index contributed by atoms with van der Waals surface area (Å²) in [5, 5.41) is 6.69. The topological polar surface area (TPSA) is 18.8 Å². The van der Waals surface area contributed by atoms with Crippen LogP contribution in [0.2, 0.25) is 0 Å². The van der Waals surface area contributed by atoms with E-state index in [4.69, 9.17) is 0 Å². The lowest BCUT2D eigenvalue weighted by Gasteiger charge is -2.29. The Hall–Kier alpha value is -1.09. The van der Waals surface area contributed by atoms with Gasteiger partial charge in [-0.05, 0) is 39.4 Å². The summed E-state index contributed by atoms with van der Waals surface area (Å²) < 4.78 is 0. The average Bonchev–Trinajstić information content (AvgIpc) is 2.35. The molecule has 0 heterocycles. The summed E-state index contributed by atoms with van der Waals surface area (Å²) in [4.78, 5) is 2.32. The SMILES string of the molecule is C=C(/C=C\C)/C(C)=N/N(C)[C@H](CC)CN(C)CC. The highest BCUT2D eigenvalue weighted by Crippen LogP contribution is 2.07. The van der Waals surface area contributed by atoms with Crippen LogP contribution in [0.25, 0.3) is 0 Å². The zero-order chi connectivity index (χ0) is 14.1. The molecule has 0 aliphatic rings. The Balaban J connectivity index is 4.64. The van der Waals surface area contributed by atoms with Gasteiger partial charge in [0.15, 0.2) is 0 Å². The molecule has 0 fully saturated rings. The first kappa shape index (κ1) is 16.9. The summed E-state index contributed by atoms with van der Waals surface area (Å²) in [5.74, 6) is 0. The number of allylic oxidation sites excluding steroid dienone is 3. The van der Waals surface area contributed by atoms with Gasteiger partial charge in [-0.15, -0.1) is 0 Å². The lowest BCUT2D eigenvalue weighted by Crippen LogP contribution is -2.38. The van der Waals surface area contributed by atoms with Gasteiger partial charge in [0, 0.05) is 13.6 Å². The monoisotopic (exact) mass is 251 g/mol. The van der Waals surface area contributed by atoms with Crippen LogP contribution in [0, 0.1) is 0 Å². The first-order valence-electron chi connectivity index (χ1n) is 6.74. The van der Waals surface area contributed by atoms with Crippen LogP contribution in [-0.2, 0) is 0 Å². The highest BCUT2D eigenvalue weighted by Gasteiger charge is 2.13. The maximum absolute atomic E-state index is 4.63. The third kappa shape index (κ3) is 6.01. The van der Waals surface area contributed by atoms with Gasteiger partial charge in [0.25, 0.3) is 0 Å². The fourth-order valence-corrected chi connectivity index (χ4v) is 1.70. The normalized spacial score (nSPS) is 14.3. The molecule has 3 heteroatoms. The number of hydrogen-bond acceptors (Lipinski definition) is 3. The fourth-order valence-electron chi connectivity index (χ4n) is 1.70. The molecule has 0 spiro atoms. The van der Waals surface area contributed by atoms with Gasteiger partial charge in [-0.2, -0.15) is 5.10 Å². The summed E-state index contributed by atoms with van der Waals surface area (Å²) >= 11 is 0. The van der Waals surface area contributed by atoms with Gasteiger partial charge >= 0.3 is 0 Å². The van der Waals surface area contributed by atoms with Gasteiger partial charge in [0.2, 0.25) is 0 Å². The highest BCUT2D eigenvalue weighted by atomic mass is 15.5. The van der Waals surface area contributed by atoms with Crippen LogP contribution in [0.4, 0.5) is 0 Å². The van der Waals surface area contributed by atoms with Gasteiger partial charge in [0.05, 0.1) is 11.8 Å². The largest absolute Gasteiger partial charge is 0.305 e. The molecule has 0 aliphatic carbocycles. The third-order valence-corrected chi connectivity index (χ3v) is 3.20. The van der Waals surface area contributed by atoms with Crippen molar-refractivity contribution in [2.45, 2.75) is 40.2 Å². The van der Waals surface area contributed by atoms with Gasteiger partial charge in [-0.3, -0.25) is 5.01 Å². The Morgan fingerprint density at radius 1 is 1.33 bits per heavy atom. The van der Waals surface area contributed by atoms with E-state index >= 15 is 0 Å². The molecule has 0 aromatic heterocycles. The lowest BCUT2D eigenvalue weighted by atomic mass is 10.2. The highest BCUT2D eigenvalue weighted by molar-refractivity contribution is 5.99. The molecule has 0 amide bonds. The smallest absolute Gasteiger partial charge is 0.0640 e. The van der Waals surface area contributed by atoms with Crippen LogP contribution in [0.15, 0.2) is 29.4 Å². The number of hydrazone groups is 1. The molecule has 0 radical (unpaired) electrons. The number of rotatable bonds is 8. The summed E-state index contributed by atoms with van der Waals surface area (Å²) in [5.41, 5.74) is 1.95. The molecule has 0 aromatic rings. The Labute approximate surface area is 113 Å². The molecule has 1 atom stereocenters. The van der Waals surface area contributed by atoms with Crippen LogP contribution in [-0.4, -0.2) is 48.8 Å². The number of nitrogens with zero attached hydrogens (tertiary/aromatic N) is 3. The van der Waals surface area contributed by atoms with E-state index in [-0.39, 0.29) is 0 Å². The summed E-state index contributed by atoms with van der Waals surface area (Å²) in [7, 11) is 4.19. The molecule has 18 heavy (non-hydrogen) atoms. The van der Waals surface area contributed by atoms with E-state index in [9.17, 15) is 0 Å². The van der Waals surface area contributed by atoms with E-state index in [0.29, 0.717) is 6.04 Å². The van der Waals surface area contributed by atoms with Crippen molar-refractivity contribution in [3.8, 4) is 0 Å². The fraction of sp³-hybridized carbons (Fsp3) is 0.667. The van der Waals surface area contributed by atoms with E-state index in [1.165, 1.54) is 0 Å². The van der Waals surface area contributed by atoms with Crippen molar-refractivity contribution in [3.05, 3.63) is 24.3 Å². The first-order valence-corrected chi connectivity index (χ1v) is 6.74. The molecule has 104 valence electrons. The summed E-state index contributed by atoms with van der Waals surface area (Å²) in [6, 6.07) is 0.448. The van der Waals surface area contributed by atoms with Crippen molar-refractivity contribution in [3.63, 3.8) is 0 Å². The van der Waals surface area contributed by atoms with Crippen molar-refractivity contribution < 1.29 is 0 Å². The zero-order valence-electron chi connectivity index (χ0n) is 12.9. The average molecular weight is 251 g/mol. The van der Waals surface area contributed by atoms with E-state index in [1.807, 2.05) is 33.0 Å². The van der Waals surface area contributed by atoms with E-state index < -0.39 is 0 Å². The minimum Gasteiger partial charge on any atom is -0.305 e. The van der Waals surface area contributed by atoms with E-state index in [0.717, 1.165) is 30.8 Å². The third-order valence-electron chi connectivity index (χ3n) is 3.20. The van der Waals surface area contributed by atoms with Crippen LogP contribution in [0.3, 0.4) is 0 Å². The second kappa shape index (κ2) is 8.92. The van der Waals surface area contributed by atoms with Gasteiger partial charge in [0.1, 0.15) is 0 Å². The van der Waals surface area contributed by atoms with Crippen LogP contribution < -0.4 is 0 Å². The first-order chi connectivity index (χ1) is 8.46. The number of likely N-dealkylation sites (N-methyl/N-ethyl adjacent to an activating group) is 2. The molecular weight excluding hydrogens is 222 g/mol. The standard InChI is InChI=1S/C15H29N3/c1-8-11-13(4)14(5)16-18(7)15(9-2)12-17(6)10-3/h8,11,15H,4,9-10,12H2,1-3,5-7H3/b11-8-,16-14+/t15-/m1/s1. The molecule has 0 saturated carbocycles. The van der Waals surface area contributed by atoms with Crippen LogP contribution in [0.5, 0.6) is 0 Å². The minimum absolute atomic E-state index is 0.448. The van der Waals surface area contributed by atoms with Crippen molar-refractivity contribution in [1.29, 1.82) is 0 Å². The maximum atomic E-state index is 4.63. The molecule has 0 rings (SSSR count). The quantitative estimate of drug-likeness (QED) is 0.375. The van der Waals surface area contributed by atoms with Crippen molar-refractivity contribution in [2.24, 2.45) is 5.10 Å². The van der Waals surface area contributed by atoms with Gasteiger partial charge < -0.3 is 4.90 Å². The van der Waals surface area contributed by atoms with Crippen LogP contribution >= 0.6 is 0 Å². The zero-order valence-corrected chi connectivity index (χ0v) is 12.9. The van der Waals surface area contributed by atoms with Crippen molar-refractivity contribution >= 4 is 5.71 Å². The molecule has 0 N–H and O–H groups in total. The van der Waals surface area contributed by atoms with Crippen molar-refractivity contribution in [1.82, 2.24) is 9.91 Å². The Bertz CT molecular complexity index is 305. The second-order valence-electron chi connectivity index (χ2n) is 4.70. The number of hydrogen-bond donors (Lipinski definition) is 0. The molecule has 0 aromatic carbocycles. The second-order valence-corrected chi connectivity index (χ2v) is 4.70. The molecule has 0 unspecified atom stereocenters. The summed E-state index contributed by atoms with van der Waals surface area (Å²) in [6.07, 6.45) is 5.07. The molecular formula is C15H29N3. The molecule has 3 nitrogen and oxygen atoms in total. The molecule has 0 aliphatic heterocycles. The maximum Gasteiger partial charge on any atom is 0.0640 e. The van der Waals surface area contributed by atoms with Crippen molar-refractivity contribution in [2.75, 3.05) is 27.2 Å². The van der Waals surface area contributed by atoms with E-state index in [2.05, 4.69) is 42.5 Å². The van der Waals surface area contributed by atoms with Gasteiger partial charge in [-0.1, -0.05) is 32.6 Å². The Kier molecular flexibility index (Phi) is 8.38.